The van der Waals surface area contributed by atoms with E-state index in [2.05, 4.69) is 55.1 Å². The fourth-order valence-corrected chi connectivity index (χ4v) is 2.45. The molecule has 0 aliphatic carbocycles. The number of anilines is 2. The Hall–Kier alpha value is -1.96. The Morgan fingerprint density at radius 2 is 1.80 bits per heavy atom. The highest BCUT2D eigenvalue weighted by molar-refractivity contribution is 5.48. The molecule has 2 nitrogen and oxygen atoms in total. The Bertz CT molecular complexity index is 531. The summed E-state index contributed by atoms with van der Waals surface area (Å²) >= 11 is 0. The third-order valence-electron chi connectivity index (χ3n) is 3.62. The third-order valence-corrected chi connectivity index (χ3v) is 3.62. The highest BCUT2D eigenvalue weighted by Crippen LogP contribution is 2.16. The molecule has 2 aromatic rings. The highest BCUT2D eigenvalue weighted by atomic mass is 15.1. The fourth-order valence-electron chi connectivity index (χ4n) is 2.45. The fraction of sp³-hybridized carbons (Fsp3) is 0.333. The zero-order chi connectivity index (χ0) is 14.4. The number of nitrogen functional groups attached to an aromatic ring is 1. The molecule has 2 aromatic carbocycles. The predicted octanol–water partition coefficient (Wildman–Crippen LogP) is 4.04. The Kier molecular flexibility index (Phi) is 5.05. The molecule has 0 amide bonds. The molecule has 0 saturated carbocycles. The summed E-state index contributed by atoms with van der Waals surface area (Å²) in [6.45, 7) is 6.49. The Morgan fingerprint density at radius 1 is 1.05 bits per heavy atom. The van der Waals surface area contributed by atoms with Gasteiger partial charge in [-0.1, -0.05) is 24.3 Å². The van der Waals surface area contributed by atoms with E-state index in [4.69, 9.17) is 5.73 Å². The van der Waals surface area contributed by atoms with Crippen LogP contribution in [0.1, 0.15) is 24.5 Å². The maximum Gasteiger partial charge on any atom is 0.0368 e. The number of nitrogens with two attached hydrogens (primary N) is 1. The molecule has 0 atom stereocenters. The molecule has 2 rings (SSSR count). The average molecular weight is 268 g/mol. The summed E-state index contributed by atoms with van der Waals surface area (Å²) in [5, 5.41) is 0. The van der Waals surface area contributed by atoms with E-state index in [1.807, 2.05) is 12.1 Å². The molecule has 0 bridgehead atoms. The maximum absolute atomic E-state index is 5.71. The van der Waals surface area contributed by atoms with Gasteiger partial charge in [0.25, 0.3) is 0 Å². The van der Waals surface area contributed by atoms with Crippen molar-refractivity contribution in [3.05, 3.63) is 59.7 Å². The minimum atomic E-state index is 0.837. The quantitative estimate of drug-likeness (QED) is 0.801. The van der Waals surface area contributed by atoms with Gasteiger partial charge in [0.2, 0.25) is 0 Å². The molecule has 0 heterocycles. The van der Waals surface area contributed by atoms with E-state index < -0.39 is 0 Å². The van der Waals surface area contributed by atoms with Crippen molar-refractivity contribution in [2.45, 2.75) is 26.7 Å². The topological polar surface area (TPSA) is 29.3 Å². The van der Waals surface area contributed by atoms with Crippen LogP contribution >= 0.6 is 0 Å². The van der Waals surface area contributed by atoms with Crippen molar-refractivity contribution < 1.29 is 0 Å². The minimum Gasteiger partial charge on any atom is -0.399 e. The standard InChI is InChI=1S/C18H24N2/c1-3-20(18-8-4-6-15(2)14-18)13-5-7-16-9-11-17(19)12-10-16/h4,6,8-12,14H,3,5,7,13,19H2,1-2H3. The van der Waals surface area contributed by atoms with Crippen LogP contribution in [-0.4, -0.2) is 13.1 Å². The molecule has 0 aliphatic rings. The van der Waals surface area contributed by atoms with E-state index in [9.17, 15) is 0 Å². The number of nitrogens with zero attached hydrogens (tertiary/aromatic N) is 1. The molecule has 0 aliphatic heterocycles. The number of hydrogen-bond acceptors (Lipinski definition) is 2. The second kappa shape index (κ2) is 6.99. The van der Waals surface area contributed by atoms with Crippen LogP contribution < -0.4 is 10.6 Å². The molecular weight excluding hydrogens is 244 g/mol. The Labute approximate surface area is 122 Å². The van der Waals surface area contributed by atoms with Crippen LogP contribution in [0, 0.1) is 6.92 Å². The van der Waals surface area contributed by atoms with Gasteiger partial charge in [0.05, 0.1) is 0 Å². The first-order valence-electron chi connectivity index (χ1n) is 7.35. The van der Waals surface area contributed by atoms with Crippen LogP contribution in [0.2, 0.25) is 0 Å². The van der Waals surface area contributed by atoms with Crippen LogP contribution in [0.25, 0.3) is 0 Å². The molecule has 0 unspecified atom stereocenters. The summed E-state index contributed by atoms with van der Waals surface area (Å²) in [4.78, 5) is 2.43. The lowest BCUT2D eigenvalue weighted by molar-refractivity contribution is 0.746. The predicted molar refractivity (Wildman–Crippen MR) is 88.2 cm³/mol. The van der Waals surface area contributed by atoms with Crippen molar-refractivity contribution in [3.63, 3.8) is 0 Å². The second-order valence-corrected chi connectivity index (χ2v) is 5.26. The molecule has 0 aromatic heterocycles. The largest absolute Gasteiger partial charge is 0.399 e. The monoisotopic (exact) mass is 268 g/mol. The highest BCUT2D eigenvalue weighted by Gasteiger charge is 2.04. The first-order chi connectivity index (χ1) is 9.69. The van der Waals surface area contributed by atoms with Crippen LogP contribution in [0.15, 0.2) is 48.5 Å². The second-order valence-electron chi connectivity index (χ2n) is 5.26. The molecule has 2 N–H and O–H groups in total. The van der Waals surface area contributed by atoms with Gasteiger partial charge in [-0.2, -0.15) is 0 Å². The normalized spacial score (nSPS) is 10.5. The van der Waals surface area contributed by atoms with Crippen molar-refractivity contribution in [1.82, 2.24) is 0 Å². The summed E-state index contributed by atoms with van der Waals surface area (Å²) in [6.07, 6.45) is 2.26. The maximum atomic E-state index is 5.71. The van der Waals surface area contributed by atoms with Gasteiger partial charge in [-0.15, -0.1) is 0 Å². The molecule has 0 spiro atoms. The van der Waals surface area contributed by atoms with Crippen LogP contribution in [-0.2, 0) is 6.42 Å². The number of benzene rings is 2. The van der Waals surface area contributed by atoms with Gasteiger partial charge < -0.3 is 10.6 Å². The van der Waals surface area contributed by atoms with Crippen LogP contribution in [0.5, 0.6) is 0 Å². The van der Waals surface area contributed by atoms with Gasteiger partial charge in [-0.05, 0) is 62.1 Å². The summed E-state index contributed by atoms with van der Waals surface area (Å²) in [7, 11) is 0. The van der Waals surface area contributed by atoms with Gasteiger partial charge in [0.15, 0.2) is 0 Å². The van der Waals surface area contributed by atoms with E-state index >= 15 is 0 Å². The van der Waals surface area contributed by atoms with Crippen LogP contribution in [0.3, 0.4) is 0 Å². The lowest BCUT2D eigenvalue weighted by Crippen LogP contribution is -2.24. The lowest BCUT2D eigenvalue weighted by atomic mass is 10.1. The number of rotatable bonds is 6. The smallest absolute Gasteiger partial charge is 0.0368 e. The average Bonchev–Trinajstić information content (AvgIpc) is 2.45. The van der Waals surface area contributed by atoms with Crippen molar-refractivity contribution in [2.75, 3.05) is 23.7 Å². The van der Waals surface area contributed by atoms with Gasteiger partial charge in [-0.3, -0.25) is 0 Å². The zero-order valence-corrected chi connectivity index (χ0v) is 12.5. The van der Waals surface area contributed by atoms with Crippen molar-refractivity contribution in [3.8, 4) is 0 Å². The molecule has 0 fully saturated rings. The SMILES string of the molecule is CCN(CCCc1ccc(N)cc1)c1cccc(C)c1. The van der Waals surface area contributed by atoms with E-state index in [0.717, 1.165) is 31.6 Å². The van der Waals surface area contributed by atoms with E-state index in [1.165, 1.54) is 16.8 Å². The number of aryl methyl sites for hydroxylation is 2. The Morgan fingerprint density at radius 3 is 2.45 bits per heavy atom. The van der Waals surface area contributed by atoms with E-state index in [1.54, 1.807) is 0 Å². The van der Waals surface area contributed by atoms with Crippen LogP contribution in [0.4, 0.5) is 11.4 Å². The number of hydrogen-bond donors (Lipinski definition) is 1. The van der Waals surface area contributed by atoms with Crippen molar-refractivity contribution >= 4 is 11.4 Å². The van der Waals surface area contributed by atoms with Gasteiger partial charge in [0.1, 0.15) is 0 Å². The van der Waals surface area contributed by atoms with E-state index in [-0.39, 0.29) is 0 Å². The molecule has 106 valence electrons. The summed E-state index contributed by atoms with van der Waals surface area (Å²) < 4.78 is 0. The lowest BCUT2D eigenvalue weighted by Gasteiger charge is -2.23. The van der Waals surface area contributed by atoms with Gasteiger partial charge >= 0.3 is 0 Å². The first kappa shape index (κ1) is 14.4. The van der Waals surface area contributed by atoms with Gasteiger partial charge in [-0.25, -0.2) is 0 Å². The molecule has 0 saturated heterocycles. The summed E-state index contributed by atoms with van der Waals surface area (Å²) in [5.74, 6) is 0. The molecule has 2 heteroatoms. The first-order valence-corrected chi connectivity index (χ1v) is 7.35. The molecule has 0 radical (unpaired) electrons. The molecule has 20 heavy (non-hydrogen) atoms. The summed E-state index contributed by atoms with van der Waals surface area (Å²) in [5.41, 5.74) is 10.5. The minimum absolute atomic E-state index is 0.837. The van der Waals surface area contributed by atoms with Gasteiger partial charge in [0, 0.05) is 24.5 Å². The Balaban J connectivity index is 1.89. The van der Waals surface area contributed by atoms with Crippen molar-refractivity contribution in [1.29, 1.82) is 0 Å². The van der Waals surface area contributed by atoms with E-state index in [0.29, 0.717) is 0 Å². The molecular formula is C18H24N2. The third kappa shape index (κ3) is 4.02. The van der Waals surface area contributed by atoms with Crippen molar-refractivity contribution in [2.24, 2.45) is 0 Å². The zero-order valence-electron chi connectivity index (χ0n) is 12.5. The summed E-state index contributed by atoms with van der Waals surface area (Å²) in [6, 6.07) is 16.9.